The van der Waals surface area contributed by atoms with E-state index in [1.54, 1.807) is 0 Å². The third-order valence-corrected chi connectivity index (χ3v) is 10.3. The molecule has 12 heterocycles. The van der Waals surface area contributed by atoms with Gasteiger partial charge in [-0.25, -0.2) is 0 Å². The fraction of sp³-hybridized carbons (Fsp3) is 0.375. The van der Waals surface area contributed by atoms with Gasteiger partial charge in [-0.1, -0.05) is 72.8 Å². The zero-order valence-electron chi connectivity index (χ0n) is 37.7. The van der Waals surface area contributed by atoms with Crippen LogP contribution in [0.5, 0.6) is 0 Å². The first-order chi connectivity index (χ1) is 29.8. The first-order valence-corrected chi connectivity index (χ1v) is 21.5. The summed E-state index contributed by atoms with van der Waals surface area (Å²) in [5.74, 6) is 0. The average molecular weight is 1080 g/mol. The van der Waals surface area contributed by atoms with Crippen LogP contribution in [0.25, 0.3) is 0 Å². The second-order valence-corrected chi connectivity index (χ2v) is 14.7. The standard InChI is InChI=1S/6C8H9N2.O.4Zn/c6*1-3-7(9-5-1)8-4-2-6-10-8;;;;;/h6*1,3,5H,2,4,6H2;;;;;/q6*-1;-2;4*+2. The summed E-state index contributed by atoms with van der Waals surface area (Å²) in [6.45, 7) is 5.93. The van der Waals surface area contributed by atoms with Gasteiger partial charge in [0, 0.05) is 73.5 Å². The molecule has 0 aliphatic carbocycles. The van der Waals surface area contributed by atoms with Gasteiger partial charge in [-0.05, 0) is 77.0 Å². The van der Waals surface area contributed by atoms with Crippen LogP contribution < -0.4 is 29.9 Å². The molecule has 65 heavy (non-hydrogen) atoms. The summed E-state index contributed by atoms with van der Waals surface area (Å²) in [6, 6.07) is 23.8. The number of nitrogens with zero attached hydrogens (tertiary/aromatic N) is 12. The van der Waals surface area contributed by atoms with Crippen molar-refractivity contribution < 1.29 is 83.4 Å². The number of rotatable bonds is 6. The van der Waals surface area contributed by atoms with Gasteiger partial charge in [-0.15, -0.1) is 34.2 Å². The molecule has 0 unspecified atom stereocenters. The zero-order chi connectivity index (χ0) is 40.9. The van der Waals surface area contributed by atoms with Crippen molar-refractivity contribution in [2.45, 2.75) is 77.0 Å². The molecule has 12 rings (SSSR count). The van der Waals surface area contributed by atoms with Gasteiger partial charge < -0.3 is 35.4 Å². The van der Waals surface area contributed by atoms with Crippen molar-refractivity contribution in [3.05, 3.63) is 144 Å². The van der Waals surface area contributed by atoms with E-state index in [1.807, 2.05) is 110 Å². The van der Waals surface area contributed by atoms with Gasteiger partial charge in [0.05, 0.1) is 0 Å². The summed E-state index contributed by atoms with van der Waals surface area (Å²) in [7, 11) is 0. The second kappa shape index (κ2) is 32.8. The Morgan fingerprint density at radius 2 is 0.415 bits per heavy atom. The first kappa shape index (κ1) is 57.3. The third-order valence-electron chi connectivity index (χ3n) is 10.3. The van der Waals surface area contributed by atoms with Crippen molar-refractivity contribution in [3.8, 4) is 0 Å². The minimum Gasteiger partial charge on any atom is -2.00 e. The maximum absolute atomic E-state index is 4.33. The van der Waals surface area contributed by atoms with Crippen molar-refractivity contribution in [3.63, 3.8) is 0 Å². The Hall–Kier alpha value is -3.85. The predicted octanol–water partition coefficient (Wildman–Crippen LogP) is 7.23. The number of aromatic nitrogens is 6. The molecule has 6 aliphatic heterocycles. The van der Waals surface area contributed by atoms with E-state index in [-0.39, 0.29) is 83.4 Å². The molecule has 17 heteroatoms. The summed E-state index contributed by atoms with van der Waals surface area (Å²) in [4.78, 5) is 51.0. The van der Waals surface area contributed by atoms with E-state index in [9.17, 15) is 0 Å². The number of hydrogen-bond donors (Lipinski definition) is 0. The molecular weight excluding hydrogens is 1020 g/mol. The van der Waals surface area contributed by atoms with Crippen molar-refractivity contribution >= 4 is 34.3 Å². The van der Waals surface area contributed by atoms with Crippen molar-refractivity contribution in [1.82, 2.24) is 29.9 Å². The van der Waals surface area contributed by atoms with Crippen LogP contribution in [0.1, 0.15) is 111 Å². The molecule has 6 aliphatic rings. The molecule has 0 radical (unpaired) electrons. The fourth-order valence-corrected chi connectivity index (χ4v) is 7.32. The molecule has 0 saturated heterocycles. The Balaban J connectivity index is 0.000000264. The summed E-state index contributed by atoms with van der Waals surface area (Å²) in [6.07, 6.45) is 24.7. The predicted molar refractivity (Wildman–Crippen MR) is 243 cm³/mol. The molecule has 0 saturated carbocycles. The van der Waals surface area contributed by atoms with E-state index in [1.165, 1.54) is 72.8 Å². The van der Waals surface area contributed by atoms with Crippen molar-refractivity contribution in [1.29, 1.82) is 0 Å². The summed E-state index contributed by atoms with van der Waals surface area (Å²) in [5, 5.41) is 0. The minimum absolute atomic E-state index is 0. The molecule has 0 fully saturated rings. The molecule has 0 amide bonds. The van der Waals surface area contributed by atoms with E-state index >= 15 is 0 Å². The molecule has 0 aromatic carbocycles. The van der Waals surface area contributed by atoms with Gasteiger partial charge in [0.1, 0.15) is 0 Å². The van der Waals surface area contributed by atoms with Crippen LogP contribution in [0.3, 0.4) is 0 Å². The second-order valence-electron chi connectivity index (χ2n) is 14.7. The smallest absolute Gasteiger partial charge is 2.00 e. The zero-order valence-corrected chi connectivity index (χ0v) is 49.6. The van der Waals surface area contributed by atoms with Gasteiger partial charge in [0.2, 0.25) is 0 Å². The summed E-state index contributed by atoms with van der Waals surface area (Å²) in [5.41, 5.74) is 13.5. The van der Waals surface area contributed by atoms with Crippen LogP contribution in [0.2, 0.25) is 0 Å². The van der Waals surface area contributed by atoms with Crippen LogP contribution in [0.4, 0.5) is 0 Å². The average Bonchev–Trinajstić information content (AvgIpc) is 4.13. The quantitative estimate of drug-likeness (QED) is 0.158. The number of hydrogen-bond acceptors (Lipinski definition) is 6. The van der Waals surface area contributed by atoms with Gasteiger partial charge in [0.25, 0.3) is 0 Å². The molecule has 6 aromatic heterocycles. The van der Waals surface area contributed by atoms with Crippen LogP contribution in [0.15, 0.2) is 140 Å². The van der Waals surface area contributed by atoms with Crippen molar-refractivity contribution in [2.24, 2.45) is 30.0 Å². The molecular formula is C48H54N12OZn4. The van der Waals surface area contributed by atoms with Crippen LogP contribution >= 0.6 is 0 Å². The maximum atomic E-state index is 4.33. The summed E-state index contributed by atoms with van der Waals surface area (Å²) < 4.78 is 0. The monoisotopic (exact) mass is 1070 g/mol. The normalized spacial score (nSPS) is 16.1. The van der Waals surface area contributed by atoms with Gasteiger partial charge in [-0.3, -0.25) is 30.0 Å². The SMILES string of the molecule is [O-2].[Zn+2].[Zn+2].[Zn+2].[Zn+2].c1c[n-]c(C2=NCCC2)c1.c1c[n-]c(C2=NCCC2)c1.c1c[n-]c(C2=NCCC2)c1.c1c[n-]c(C2=NCCC2)c1.c1c[n-]c(C2=NCCC2)c1.c1c[n-]c(C2=NCCC2)c1. The van der Waals surface area contributed by atoms with E-state index in [0.29, 0.717) is 0 Å². The maximum Gasteiger partial charge on any atom is 2.00 e. The Morgan fingerprint density at radius 3 is 0.508 bits per heavy atom. The molecule has 0 spiro atoms. The van der Waals surface area contributed by atoms with Crippen LogP contribution in [0, 0.1) is 0 Å². The molecule has 13 nitrogen and oxygen atoms in total. The Bertz CT molecular complexity index is 1850. The van der Waals surface area contributed by atoms with E-state index in [0.717, 1.165) is 112 Å². The van der Waals surface area contributed by atoms with E-state index in [4.69, 9.17) is 0 Å². The van der Waals surface area contributed by atoms with Gasteiger partial charge in [0.15, 0.2) is 0 Å². The van der Waals surface area contributed by atoms with Gasteiger partial charge >= 0.3 is 77.9 Å². The van der Waals surface area contributed by atoms with Crippen molar-refractivity contribution in [2.75, 3.05) is 39.3 Å². The molecule has 6 aromatic rings. The van der Waals surface area contributed by atoms with E-state index in [2.05, 4.69) is 59.9 Å². The number of aliphatic imine (C=N–C) groups is 6. The molecule has 0 bridgehead atoms. The largest absolute Gasteiger partial charge is 2.00 e. The van der Waals surface area contributed by atoms with Gasteiger partial charge in [-0.2, -0.15) is 37.2 Å². The molecule has 0 N–H and O–H groups in total. The Morgan fingerprint density at radius 1 is 0.262 bits per heavy atom. The summed E-state index contributed by atoms with van der Waals surface area (Å²) >= 11 is 0. The molecule has 320 valence electrons. The van der Waals surface area contributed by atoms with Crippen LogP contribution in [-0.4, -0.2) is 73.5 Å². The minimum atomic E-state index is 0. The van der Waals surface area contributed by atoms with Crippen LogP contribution in [-0.2, 0) is 83.4 Å². The molecule has 0 atom stereocenters. The Kier molecular flexibility index (Phi) is 28.9. The topological polar surface area (TPSA) is 187 Å². The first-order valence-electron chi connectivity index (χ1n) is 21.5. The Labute approximate surface area is 434 Å². The van der Waals surface area contributed by atoms with E-state index < -0.39 is 0 Å². The fourth-order valence-electron chi connectivity index (χ4n) is 7.32. The third kappa shape index (κ3) is 18.8.